The Kier molecular flexibility index (Phi) is 4.27. The van der Waals surface area contributed by atoms with Crippen molar-refractivity contribution in [3.8, 4) is 11.3 Å². The van der Waals surface area contributed by atoms with Crippen molar-refractivity contribution in [2.24, 2.45) is 7.05 Å². The first-order valence-corrected chi connectivity index (χ1v) is 8.66. The fourth-order valence-electron chi connectivity index (χ4n) is 3.05. The highest BCUT2D eigenvalue weighted by Crippen LogP contribution is 2.22. The van der Waals surface area contributed by atoms with E-state index in [4.69, 9.17) is 0 Å². The number of pyridine rings is 1. The fraction of sp³-hybridized carbons (Fsp3) is 0.0952. The molecule has 0 aliphatic carbocycles. The van der Waals surface area contributed by atoms with E-state index >= 15 is 0 Å². The number of nitrogens with one attached hydrogen (secondary N) is 2. The Morgan fingerprint density at radius 2 is 1.86 bits per heavy atom. The van der Waals surface area contributed by atoms with Gasteiger partial charge in [-0.3, -0.25) is 14.3 Å². The van der Waals surface area contributed by atoms with Crippen LogP contribution < -0.4 is 10.9 Å². The first kappa shape index (κ1) is 17.7. The molecule has 2 aromatic carbocycles. The highest BCUT2D eigenvalue weighted by atomic mass is 19.1. The van der Waals surface area contributed by atoms with Crippen LogP contribution in [0.1, 0.15) is 16.1 Å². The summed E-state index contributed by atoms with van der Waals surface area (Å²) in [5.74, 6) is -0.703. The van der Waals surface area contributed by atoms with E-state index in [9.17, 15) is 14.0 Å². The molecule has 0 fully saturated rings. The summed E-state index contributed by atoms with van der Waals surface area (Å²) in [5.41, 5.74) is 3.35. The third-order valence-corrected chi connectivity index (χ3v) is 4.54. The normalized spacial score (nSPS) is 11.0. The van der Waals surface area contributed by atoms with E-state index in [0.29, 0.717) is 22.5 Å². The van der Waals surface area contributed by atoms with Crippen LogP contribution in [0.5, 0.6) is 0 Å². The smallest absolute Gasteiger partial charge is 0.276 e. The quantitative estimate of drug-likeness (QED) is 0.573. The molecule has 0 saturated carbocycles. The van der Waals surface area contributed by atoms with E-state index in [1.807, 2.05) is 6.07 Å². The summed E-state index contributed by atoms with van der Waals surface area (Å²) < 4.78 is 14.7. The molecule has 140 valence electrons. The van der Waals surface area contributed by atoms with Gasteiger partial charge in [0.25, 0.3) is 11.5 Å². The Balaban J connectivity index is 1.61. The van der Waals surface area contributed by atoms with Crippen LogP contribution in [-0.4, -0.2) is 20.7 Å². The first-order chi connectivity index (χ1) is 13.4. The number of rotatable bonds is 3. The number of aromatic nitrogens is 3. The zero-order chi connectivity index (χ0) is 19.8. The molecule has 7 heteroatoms. The second kappa shape index (κ2) is 6.77. The average Bonchev–Trinajstić information content (AvgIpc) is 3.05. The van der Waals surface area contributed by atoms with Crippen LogP contribution in [0.3, 0.4) is 0 Å². The molecule has 0 radical (unpaired) electrons. The number of halogens is 1. The monoisotopic (exact) mass is 376 g/mol. The third-order valence-electron chi connectivity index (χ3n) is 4.54. The van der Waals surface area contributed by atoms with Crippen molar-refractivity contribution in [1.29, 1.82) is 0 Å². The maximum Gasteiger partial charge on any atom is 0.276 e. The van der Waals surface area contributed by atoms with Gasteiger partial charge in [-0.1, -0.05) is 6.07 Å². The van der Waals surface area contributed by atoms with E-state index in [-0.39, 0.29) is 23.0 Å². The number of H-pyrrole nitrogens is 1. The van der Waals surface area contributed by atoms with Crippen LogP contribution in [0.2, 0.25) is 0 Å². The van der Waals surface area contributed by atoms with Gasteiger partial charge in [0.2, 0.25) is 0 Å². The van der Waals surface area contributed by atoms with Gasteiger partial charge in [0.1, 0.15) is 5.82 Å². The summed E-state index contributed by atoms with van der Waals surface area (Å²) in [6, 6.07) is 14.7. The molecule has 2 aromatic heterocycles. The lowest BCUT2D eigenvalue weighted by Gasteiger charge is -2.05. The molecule has 0 unspecified atom stereocenters. The van der Waals surface area contributed by atoms with E-state index in [2.05, 4.69) is 15.4 Å². The molecule has 28 heavy (non-hydrogen) atoms. The van der Waals surface area contributed by atoms with Gasteiger partial charge in [0.05, 0.1) is 11.2 Å². The summed E-state index contributed by atoms with van der Waals surface area (Å²) in [5, 5.41) is 7.92. The number of benzene rings is 2. The van der Waals surface area contributed by atoms with Gasteiger partial charge in [-0.05, 0) is 66.4 Å². The van der Waals surface area contributed by atoms with Crippen molar-refractivity contribution in [1.82, 2.24) is 14.8 Å². The van der Waals surface area contributed by atoms with Gasteiger partial charge in [0.15, 0.2) is 5.69 Å². The SMILES string of the molecule is Cc1cc2ccc(NC(=O)c3cc(-c4ccc(F)cc4)n(C)n3)cc2[nH]c1=O. The number of carbonyl (C=O) groups is 1. The number of nitrogens with zero attached hydrogens (tertiary/aromatic N) is 2. The fourth-order valence-corrected chi connectivity index (χ4v) is 3.05. The molecule has 4 rings (SSSR count). The molecule has 6 nitrogen and oxygen atoms in total. The van der Waals surface area contributed by atoms with Crippen molar-refractivity contribution >= 4 is 22.5 Å². The molecule has 1 amide bonds. The van der Waals surface area contributed by atoms with Crippen LogP contribution in [0, 0.1) is 12.7 Å². The van der Waals surface area contributed by atoms with Gasteiger partial charge in [-0.25, -0.2) is 4.39 Å². The Morgan fingerprint density at radius 1 is 1.11 bits per heavy atom. The van der Waals surface area contributed by atoms with Crippen molar-refractivity contribution in [3.05, 3.63) is 82.0 Å². The molecule has 2 heterocycles. The highest BCUT2D eigenvalue weighted by molar-refractivity contribution is 6.04. The molecule has 0 aliphatic rings. The molecular formula is C21H17FN4O2. The minimum Gasteiger partial charge on any atom is -0.322 e. The van der Waals surface area contributed by atoms with Gasteiger partial charge in [0, 0.05) is 18.3 Å². The first-order valence-electron chi connectivity index (χ1n) is 8.66. The van der Waals surface area contributed by atoms with Crippen LogP contribution in [0.4, 0.5) is 10.1 Å². The number of hydrogen-bond donors (Lipinski definition) is 2. The topological polar surface area (TPSA) is 79.8 Å². The molecule has 4 aromatic rings. The summed E-state index contributed by atoms with van der Waals surface area (Å²) in [4.78, 5) is 27.2. The van der Waals surface area contributed by atoms with Crippen LogP contribution in [0.15, 0.2) is 59.4 Å². The van der Waals surface area contributed by atoms with Crippen molar-refractivity contribution in [2.45, 2.75) is 6.92 Å². The van der Waals surface area contributed by atoms with Crippen molar-refractivity contribution in [3.63, 3.8) is 0 Å². The Bertz CT molecular complexity index is 1260. The Labute approximate surface area is 159 Å². The van der Waals surface area contributed by atoms with Crippen molar-refractivity contribution < 1.29 is 9.18 Å². The highest BCUT2D eigenvalue weighted by Gasteiger charge is 2.14. The van der Waals surface area contributed by atoms with E-state index in [0.717, 1.165) is 10.9 Å². The Morgan fingerprint density at radius 3 is 2.61 bits per heavy atom. The van der Waals surface area contributed by atoms with Gasteiger partial charge >= 0.3 is 0 Å². The molecular weight excluding hydrogens is 359 g/mol. The standard InChI is InChI=1S/C21H17FN4O2/c1-12-9-14-5-8-16(10-17(14)24-20(12)27)23-21(28)18-11-19(26(2)25-18)13-3-6-15(22)7-4-13/h3-11H,1-2H3,(H,23,28)(H,24,27). The summed E-state index contributed by atoms with van der Waals surface area (Å²) in [7, 11) is 1.72. The molecule has 0 atom stereocenters. The third kappa shape index (κ3) is 3.29. The number of aryl methyl sites for hydroxylation is 2. The molecule has 2 N–H and O–H groups in total. The maximum atomic E-state index is 13.1. The zero-order valence-electron chi connectivity index (χ0n) is 15.3. The summed E-state index contributed by atoms with van der Waals surface area (Å²) in [6.07, 6.45) is 0. The minimum atomic E-state index is -0.377. The summed E-state index contributed by atoms with van der Waals surface area (Å²) >= 11 is 0. The predicted molar refractivity (Wildman–Crippen MR) is 106 cm³/mol. The van der Waals surface area contributed by atoms with Gasteiger partial charge in [-0.15, -0.1) is 0 Å². The number of fused-ring (bicyclic) bond motifs is 1. The van der Waals surface area contributed by atoms with Gasteiger partial charge < -0.3 is 10.3 Å². The lowest BCUT2D eigenvalue weighted by molar-refractivity contribution is 0.102. The average molecular weight is 376 g/mol. The Hall–Kier alpha value is -3.74. The maximum absolute atomic E-state index is 13.1. The van der Waals surface area contributed by atoms with Gasteiger partial charge in [-0.2, -0.15) is 5.10 Å². The number of anilines is 1. The summed E-state index contributed by atoms with van der Waals surface area (Å²) in [6.45, 7) is 1.74. The number of aromatic amines is 1. The molecule has 0 spiro atoms. The van der Waals surface area contributed by atoms with E-state index in [1.54, 1.807) is 55.1 Å². The second-order valence-electron chi connectivity index (χ2n) is 6.58. The van der Waals surface area contributed by atoms with Crippen molar-refractivity contribution in [2.75, 3.05) is 5.32 Å². The predicted octanol–water partition coefficient (Wildman–Crippen LogP) is 3.63. The van der Waals surface area contributed by atoms with Crippen LogP contribution in [-0.2, 0) is 7.05 Å². The zero-order valence-corrected chi connectivity index (χ0v) is 15.3. The number of carbonyl (C=O) groups excluding carboxylic acids is 1. The molecule has 0 bridgehead atoms. The van der Waals surface area contributed by atoms with E-state index < -0.39 is 0 Å². The number of hydrogen-bond acceptors (Lipinski definition) is 3. The van der Waals surface area contributed by atoms with Crippen LogP contribution in [0.25, 0.3) is 22.2 Å². The van der Waals surface area contributed by atoms with E-state index in [1.165, 1.54) is 12.1 Å². The lowest BCUT2D eigenvalue weighted by atomic mass is 10.1. The molecule has 0 saturated heterocycles. The largest absolute Gasteiger partial charge is 0.322 e. The lowest BCUT2D eigenvalue weighted by Crippen LogP contribution is -2.13. The second-order valence-corrected chi connectivity index (χ2v) is 6.58. The van der Waals surface area contributed by atoms with Crippen LogP contribution >= 0.6 is 0 Å². The molecule has 0 aliphatic heterocycles. The number of amides is 1. The minimum absolute atomic E-state index is 0.162.